The lowest BCUT2D eigenvalue weighted by molar-refractivity contribution is 0.504. The van der Waals surface area contributed by atoms with Crippen LogP contribution in [0, 0.1) is 5.92 Å². The van der Waals surface area contributed by atoms with Crippen molar-refractivity contribution >= 4 is 24.2 Å². The third-order valence-electron chi connectivity index (χ3n) is 2.79. The van der Waals surface area contributed by atoms with Crippen molar-refractivity contribution in [3.8, 4) is 0 Å². The molecule has 0 fully saturated rings. The van der Waals surface area contributed by atoms with Gasteiger partial charge in [-0.05, 0) is 30.4 Å². The first kappa shape index (κ1) is 18.8. The molecule has 0 radical (unpaired) electrons. The molecule has 0 unspecified atom stereocenters. The summed E-state index contributed by atoms with van der Waals surface area (Å²) < 4.78 is 0.230. The largest absolute Gasteiger partial charge is 0.324 e. The molecule has 2 N–H and O–H groups in total. The summed E-state index contributed by atoms with van der Waals surface area (Å²) in [5, 5.41) is 0. The summed E-state index contributed by atoms with van der Waals surface area (Å²) in [7, 11) is 0. The Kier molecular flexibility index (Phi) is 8.11. The van der Waals surface area contributed by atoms with Crippen molar-refractivity contribution in [2.24, 2.45) is 11.7 Å². The van der Waals surface area contributed by atoms with Gasteiger partial charge in [-0.1, -0.05) is 52.8 Å². The number of halogens is 1. The van der Waals surface area contributed by atoms with E-state index in [1.54, 1.807) is 0 Å². The first-order valence-corrected chi connectivity index (χ1v) is 7.65. The molecular weight excluding hydrogens is 274 g/mol. The topological polar surface area (TPSA) is 26.0 Å². The van der Waals surface area contributed by atoms with E-state index in [-0.39, 0.29) is 23.2 Å². The van der Waals surface area contributed by atoms with E-state index in [1.807, 2.05) is 11.8 Å². The fraction of sp³-hybridized carbons (Fsp3) is 0.625. The summed E-state index contributed by atoms with van der Waals surface area (Å²) in [6.45, 7) is 11.2. The molecule has 0 aliphatic carbocycles. The van der Waals surface area contributed by atoms with Gasteiger partial charge in [0.1, 0.15) is 0 Å². The van der Waals surface area contributed by atoms with Crippen LogP contribution in [0.25, 0.3) is 0 Å². The van der Waals surface area contributed by atoms with E-state index in [9.17, 15) is 0 Å². The lowest BCUT2D eigenvalue weighted by atomic mass is 9.98. The molecule has 0 heterocycles. The molecule has 110 valence electrons. The molecule has 0 aliphatic heterocycles. The van der Waals surface area contributed by atoms with Crippen molar-refractivity contribution < 1.29 is 0 Å². The number of rotatable bonds is 5. The van der Waals surface area contributed by atoms with Crippen LogP contribution in [-0.2, 0) is 0 Å². The van der Waals surface area contributed by atoms with Crippen LogP contribution in [0.5, 0.6) is 0 Å². The maximum Gasteiger partial charge on any atom is 0.0306 e. The van der Waals surface area contributed by atoms with Crippen LogP contribution in [0.4, 0.5) is 0 Å². The van der Waals surface area contributed by atoms with Gasteiger partial charge >= 0.3 is 0 Å². The van der Waals surface area contributed by atoms with E-state index in [0.717, 1.165) is 12.3 Å². The fourth-order valence-electron chi connectivity index (χ4n) is 1.88. The molecule has 0 amide bonds. The third kappa shape index (κ3) is 7.24. The molecule has 0 saturated carbocycles. The molecule has 0 bridgehead atoms. The molecule has 1 atom stereocenters. The first-order valence-electron chi connectivity index (χ1n) is 6.83. The van der Waals surface area contributed by atoms with Gasteiger partial charge in [-0.15, -0.1) is 24.2 Å². The highest BCUT2D eigenvalue weighted by molar-refractivity contribution is 8.00. The Morgan fingerprint density at radius 1 is 1.11 bits per heavy atom. The standard InChI is InChI=1S/C16H27NS.ClH/c1-12(2)10-11-14(17)13-8-6-7-9-15(13)18-16(3,4)5;/h6-9,12,14H,10-11,17H2,1-5H3;1H/t14-;/m1./s1. The molecule has 0 spiro atoms. The molecule has 0 aliphatic rings. The van der Waals surface area contributed by atoms with Gasteiger partial charge in [0, 0.05) is 15.7 Å². The highest BCUT2D eigenvalue weighted by Gasteiger charge is 2.17. The molecule has 0 saturated heterocycles. The van der Waals surface area contributed by atoms with Gasteiger partial charge in [0.15, 0.2) is 0 Å². The highest BCUT2D eigenvalue weighted by Crippen LogP contribution is 2.36. The molecule has 19 heavy (non-hydrogen) atoms. The summed E-state index contributed by atoms with van der Waals surface area (Å²) in [6, 6.07) is 8.74. The van der Waals surface area contributed by atoms with Crippen LogP contribution < -0.4 is 5.73 Å². The second-order valence-electron chi connectivity index (χ2n) is 6.33. The zero-order chi connectivity index (χ0) is 13.8. The Morgan fingerprint density at radius 3 is 2.21 bits per heavy atom. The zero-order valence-electron chi connectivity index (χ0n) is 12.8. The van der Waals surface area contributed by atoms with Crippen LogP contribution >= 0.6 is 24.2 Å². The van der Waals surface area contributed by atoms with E-state index in [0.29, 0.717) is 0 Å². The second kappa shape index (κ2) is 8.18. The van der Waals surface area contributed by atoms with Gasteiger partial charge in [0.05, 0.1) is 0 Å². The van der Waals surface area contributed by atoms with Gasteiger partial charge in [0.25, 0.3) is 0 Å². The number of hydrogen-bond donors (Lipinski definition) is 1. The van der Waals surface area contributed by atoms with Gasteiger partial charge < -0.3 is 5.73 Å². The van der Waals surface area contributed by atoms with Crippen molar-refractivity contribution in [2.45, 2.75) is 63.1 Å². The first-order chi connectivity index (χ1) is 8.29. The van der Waals surface area contributed by atoms with Crippen LogP contribution in [0.2, 0.25) is 0 Å². The van der Waals surface area contributed by atoms with Crippen LogP contribution in [-0.4, -0.2) is 4.75 Å². The van der Waals surface area contributed by atoms with E-state index in [2.05, 4.69) is 58.9 Å². The number of thioether (sulfide) groups is 1. The van der Waals surface area contributed by atoms with E-state index in [4.69, 9.17) is 5.73 Å². The SMILES string of the molecule is CC(C)CC[C@@H](N)c1ccccc1SC(C)(C)C.Cl. The number of nitrogens with two attached hydrogens (primary N) is 1. The second-order valence-corrected chi connectivity index (χ2v) is 8.20. The third-order valence-corrected chi connectivity index (χ3v) is 3.99. The van der Waals surface area contributed by atoms with Crippen molar-refractivity contribution in [1.82, 2.24) is 0 Å². The van der Waals surface area contributed by atoms with Gasteiger partial charge in [-0.25, -0.2) is 0 Å². The average Bonchev–Trinajstić information content (AvgIpc) is 2.24. The van der Waals surface area contributed by atoms with Crippen LogP contribution in [0.15, 0.2) is 29.2 Å². The molecule has 0 aromatic heterocycles. The fourth-order valence-corrected chi connectivity index (χ4v) is 3.02. The van der Waals surface area contributed by atoms with Crippen molar-refractivity contribution in [3.63, 3.8) is 0 Å². The van der Waals surface area contributed by atoms with Crippen LogP contribution in [0.1, 0.15) is 59.1 Å². The lowest BCUT2D eigenvalue weighted by Crippen LogP contribution is -2.14. The highest BCUT2D eigenvalue weighted by atomic mass is 35.5. The monoisotopic (exact) mass is 301 g/mol. The predicted octanol–water partition coefficient (Wildman–Crippen LogP) is 5.44. The smallest absolute Gasteiger partial charge is 0.0306 e. The molecule has 1 aromatic rings. The van der Waals surface area contributed by atoms with E-state index < -0.39 is 0 Å². The normalized spacial score (nSPS) is 13.2. The maximum atomic E-state index is 6.35. The lowest BCUT2D eigenvalue weighted by Gasteiger charge is -2.22. The Balaban J connectivity index is 0.00000324. The average molecular weight is 302 g/mol. The summed E-state index contributed by atoms with van der Waals surface area (Å²) in [5.74, 6) is 0.721. The van der Waals surface area contributed by atoms with Crippen molar-refractivity contribution in [1.29, 1.82) is 0 Å². The van der Waals surface area contributed by atoms with E-state index >= 15 is 0 Å². The molecular formula is C16H28ClNS. The molecule has 1 nitrogen and oxygen atoms in total. The van der Waals surface area contributed by atoms with Gasteiger partial charge in [-0.3, -0.25) is 0 Å². The molecule has 1 aromatic carbocycles. The minimum absolute atomic E-state index is 0. The Hall–Kier alpha value is -0.180. The number of benzene rings is 1. The quantitative estimate of drug-likeness (QED) is 0.733. The molecule has 1 rings (SSSR count). The minimum Gasteiger partial charge on any atom is -0.324 e. The Morgan fingerprint density at radius 2 is 1.68 bits per heavy atom. The van der Waals surface area contributed by atoms with Gasteiger partial charge in [-0.2, -0.15) is 0 Å². The predicted molar refractivity (Wildman–Crippen MR) is 90.3 cm³/mol. The van der Waals surface area contributed by atoms with Crippen LogP contribution in [0.3, 0.4) is 0 Å². The molecule has 3 heteroatoms. The maximum absolute atomic E-state index is 6.35. The zero-order valence-corrected chi connectivity index (χ0v) is 14.4. The van der Waals surface area contributed by atoms with E-state index in [1.165, 1.54) is 16.9 Å². The minimum atomic E-state index is 0. The summed E-state index contributed by atoms with van der Waals surface area (Å²) in [6.07, 6.45) is 2.26. The number of hydrogen-bond acceptors (Lipinski definition) is 2. The summed E-state index contributed by atoms with van der Waals surface area (Å²) >= 11 is 1.91. The summed E-state index contributed by atoms with van der Waals surface area (Å²) in [5.41, 5.74) is 7.65. The van der Waals surface area contributed by atoms with Crippen molar-refractivity contribution in [3.05, 3.63) is 29.8 Å². The Labute approximate surface area is 129 Å². The summed E-state index contributed by atoms with van der Waals surface area (Å²) in [4.78, 5) is 1.33. The Bertz CT molecular complexity index is 371. The van der Waals surface area contributed by atoms with Crippen molar-refractivity contribution in [2.75, 3.05) is 0 Å². The van der Waals surface area contributed by atoms with Gasteiger partial charge in [0.2, 0.25) is 0 Å².